The highest BCUT2D eigenvalue weighted by atomic mass is 35.5. The third kappa shape index (κ3) is 4.49. The summed E-state index contributed by atoms with van der Waals surface area (Å²) in [5.41, 5.74) is 1.03. The van der Waals surface area contributed by atoms with Crippen molar-refractivity contribution in [2.45, 2.75) is 11.4 Å². The molecule has 0 radical (unpaired) electrons. The van der Waals surface area contributed by atoms with Gasteiger partial charge in [0.2, 0.25) is 0 Å². The second-order valence-corrected chi connectivity index (χ2v) is 10.3. The van der Waals surface area contributed by atoms with Crippen LogP contribution in [0.5, 0.6) is 0 Å². The van der Waals surface area contributed by atoms with Gasteiger partial charge >= 0.3 is 4.87 Å². The average molecular weight is 510 g/mol. The molecule has 12 heteroatoms. The SMILES string of the molecule is O=c1sc2cc(S(=O)(=O)Nc3cc([N+](=O)[O-])ccc3Cl)ccc2n1Cc1ccc(Cl)cc1. The van der Waals surface area contributed by atoms with Crippen molar-refractivity contribution in [2.24, 2.45) is 0 Å². The number of aromatic nitrogens is 1. The number of nitrogens with one attached hydrogen (secondary N) is 1. The monoisotopic (exact) mass is 509 g/mol. The molecule has 164 valence electrons. The molecule has 32 heavy (non-hydrogen) atoms. The first-order valence-corrected chi connectivity index (χ1v) is 12.0. The van der Waals surface area contributed by atoms with Crippen LogP contribution in [-0.4, -0.2) is 17.9 Å². The lowest BCUT2D eigenvalue weighted by atomic mass is 10.2. The Balaban J connectivity index is 1.68. The highest BCUT2D eigenvalue weighted by molar-refractivity contribution is 7.92. The largest absolute Gasteiger partial charge is 0.308 e. The van der Waals surface area contributed by atoms with Crippen molar-refractivity contribution < 1.29 is 13.3 Å². The first-order chi connectivity index (χ1) is 15.1. The molecule has 4 rings (SSSR count). The number of rotatable bonds is 6. The summed E-state index contributed by atoms with van der Waals surface area (Å²) in [4.78, 5) is 22.5. The molecule has 0 saturated carbocycles. The topological polar surface area (TPSA) is 111 Å². The molecule has 1 aromatic heterocycles. The lowest BCUT2D eigenvalue weighted by Gasteiger charge is -2.10. The summed E-state index contributed by atoms with van der Waals surface area (Å²) in [7, 11) is -4.11. The Labute approximate surface area is 195 Å². The van der Waals surface area contributed by atoms with Gasteiger partial charge in [-0.2, -0.15) is 0 Å². The second-order valence-electron chi connectivity index (χ2n) is 6.74. The molecule has 0 saturated heterocycles. The molecule has 0 bridgehead atoms. The third-order valence-electron chi connectivity index (χ3n) is 4.61. The first-order valence-electron chi connectivity index (χ1n) is 8.99. The standard InChI is InChI=1S/C20H13Cl2N3O5S2/c21-13-3-1-12(2-4-13)11-24-18-8-6-15(10-19(18)31-20(24)26)32(29,30)23-17-9-14(25(27)28)5-7-16(17)22/h1-10,23H,11H2. The number of hydrogen-bond donors (Lipinski definition) is 1. The maximum atomic E-state index is 12.9. The number of nitro groups is 1. The molecule has 1 N–H and O–H groups in total. The molecule has 1 heterocycles. The zero-order valence-electron chi connectivity index (χ0n) is 16.0. The van der Waals surface area contributed by atoms with Crippen LogP contribution < -0.4 is 9.60 Å². The van der Waals surface area contributed by atoms with Crippen molar-refractivity contribution >= 4 is 66.2 Å². The molecular weight excluding hydrogens is 497 g/mol. The van der Waals surface area contributed by atoms with E-state index in [4.69, 9.17) is 23.2 Å². The van der Waals surface area contributed by atoms with E-state index in [1.807, 2.05) is 12.1 Å². The molecular formula is C20H13Cl2N3O5S2. The number of fused-ring (bicyclic) bond motifs is 1. The fourth-order valence-electron chi connectivity index (χ4n) is 3.04. The van der Waals surface area contributed by atoms with Gasteiger partial charge in [0.15, 0.2) is 0 Å². The van der Waals surface area contributed by atoms with Crippen LogP contribution in [0.25, 0.3) is 10.2 Å². The molecule has 8 nitrogen and oxygen atoms in total. The minimum Gasteiger partial charge on any atom is -0.294 e. The van der Waals surface area contributed by atoms with Crippen molar-refractivity contribution in [1.82, 2.24) is 4.57 Å². The number of sulfonamides is 1. The molecule has 3 aromatic carbocycles. The summed E-state index contributed by atoms with van der Waals surface area (Å²) in [6.45, 7) is 0.309. The Morgan fingerprint density at radius 1 is 1.03 bits per heavy atom. The van der Waals surface area contributed by atoms with Gasteiger partial charge in [-0.15, -0.1) is 0 Å². The van der Waals surface area contributed by atoms with Gasteiger partial charge in [0.1, 0.15) is 0 Å². The van der Waals surface area contributed by atoms with E-state index in [0.717, 1.165) is 23.0 Å². The van der Waals surface area contributed by atoms with Gasteiger partial charge in [-0.1, -0.05) is 46.7 Å². The predicted molar refractivity (Wildman–Crippen MR) is 126 cm³/mol. The molecule has 0 fully saturated rings. The molecule has 0 aliphatic heterocycles. The average Bonchev–Trinajstić information content (AvgIpc) is 3.05. The van der Waals surface area contributed by atoms with Gasteiger partial charge < -0.3 is 0 Å². The van der Waals surface area contributed by atoms with Gasteiger partial charge in [-0.05, 0) is 42.0 Å². The van der Waals surface area contributed by atoms with E-state index in [0.29, 0.717) is 21.8 Å². The number of nitro benzene ring substituents is 1. The van der Waals surface area contributed by atoms with E-state index in [2.05, 4.69) is 4.72 Å². The van der Waals surface area contributed by atoms with E-state index >= 15 is 0 Å². The van der Waals surface area contributed by atoms with Crippen LogP contribution >= 0.6 is 34.5 Å². The molecule has 0 atom stereocenters. The zero-order valence-corrected chi connectivity index (χ0v) is 19.1. The summed E-state index contributed by atoms with van der Waals surface area (Å²) in [5.74, 6) is 0. The van der Waals surface area contributed by atoms with Gasteiger partial charge in [0, 0.05) is 17.2 Å². The number of thiazole rings is 1. The van der Waals surface area contributed by atoms with Crippen molar-refractivity contribution in [3.63, 3.8) is 0 Å². The number of hydrogen-bond acceptors (Lipinski definition) is 6. The quantitative estimate of drug-likeness (QED) is 0.286. The molecule has 0 amide bonds. The molecule has 0 aliphatic carbocycles. The highest BCUT2D eigenvalue weighted by Crippen LogP contribution is 2.30. The van der Waals surface area contributed by atoms with Crippen LogP contribution in [0, 0.1) is 10.1 Å². The number of benzene rings is 3. The highest BCUT2D eigenvalue weighted by Gasteiger charge is 2.20. The Morgan fingerprint density at radius 3 is 2.44 bits per heavy atom. The first kappa shape index (κ1) is 22.3. The van der Waals surface area contributed by atoms with Gasteiger partial charge in [0.25, 0.3) is 15.7 Å². The van der Waals surface area contributed by atoms with Crippen LogP contribution in [-0.2, 0) is 16.6 Å². The number of nitrogens with zero attached hydrogens (tertiary/aromatic N) is 2. The summed E-state index contributed by atoms with van der Waals surface area (Å²) in [5, 5.41) is 11.6. The predicted octanol–water partition coefficient (Wildman–Crippen LogP) is 5.13. The fraction of sp³-hybridized carbons (Fsp3) is 0.0500. The van der Waals surface area contributed by atoms with Crippen molar-refractivity contribution in [2.75, 3.05) is 4.72 Å². The number of halogens is 2. The lowest BCUT2D eigenvalue weighted by Crippen LogP contribution is -2.14. The smallest absolute Gasteiger partial charge is 0.294 e. The van der Waals surface area contributed by atoms with E-state index < -0.39 is 14.9 Å². The lowest BCUT2D eigenvalue weighted by molar-refractivity contribution is -0.384. The van der Waals surface area contributed by atoms with Crippen LogP contribution in [0.4, 0.5) is 11.4 Å². The van der Waals surface area contributed by atoms with Crippen LogP contribution in [0.15, 0.2) is 70.4 Å². The Bertz CT molecular complexity index is 1510. The maximum Gasteiger partial charge on any atom is 0.308 e. The van der Waals surface area contributed by atoms with E-state index in [9.17, 15) is 23.3 Å². The summed E-state index contributed by atoms with van der Waals surface area (Å²) in [6, 6.07) is 14.8. The van der Waals surface area contributed by atoms with Gasteiger partial charge in [0.05, 0.1) is 37.3 Å². The fourth-order valence-corrected chi connectivity index (χ4v) is 5.49. The molecule has 0 spiro atoms. The van der Waals surface area contributed by atoms with E-state index in [1.54, 1.807) is 22.8 Å². The number of anilines is 1. The second kappa shape index (κ2) is 8.55. The molecule has 4 aromatic rings. The molecule has 0 aliphatic rings. The Kier molecular flexibility index (Phi) is 5.95. The minimum atomic E-state index is -4.11. The minimum absolute atomic E-state index is 0.0130. The molecule has 0 unspecified atom stereocenters. The zero-order chi connectivity index (χ0) is 23.0. The van der Waals surface area contributed by atoms with Crippen molar-refractivity contribution in [1.29, 1.82) is 0 Å². The Hall–Kier alpha value is -2.92. The van der Waals surface area contributed by atoms with Crippen LogP contribution in [0.3, 0.4) is 0 Å². The summed E-state index contributed by atoms with van der Waals surface area (Å²) < 4.78 is 30.0. The maximum absolute atomic E-state index is 12.9. The number of non-ortho nitro benzene ring substituents is 1. The van der Waals surface area contributed by atoms with Crippen molar-refractivity contribution in [3.05, 3.63) is 96.1 Å². The Morgan fingerprint density at radius 2 is 1.75 bits per heavy atom. The van der Waals surface area contributed by atoms with Crippen LogP contribution in [0.1, 0.15) is 5.56 Å². The summed E-state index contributed by atoms with van der Waals surface area (Å²) >= 11 is 12.8. The van der Waals surface area contributed by atoms with Crippen LogP contribution in [0.2, 0.25) is 10.0 Å². The third-order valence-corrected chi connectivity index (χ3v) is 7.50. The van der Waals surface area contributed by atoms with Gasteiger partial charge in [-0.3, -0.25) is 24.2 Å². The van der Waals surface area contributed by atoms with Gasteiger partial charge in [-0.25, -0.2) is 8.42 Å². The van der Waals surface area contributed by atoms with Crippen molar-refractivity contribution in [3.8, 4) is 0 Å². The summed E-state index contributed by atoms with van der Waals surface area (Å²) in [6.07, 6.45) is 0. The van der Waals surface area contributed by atoms with E-state index in [-0.39, 0.29) is 26.2 Å². The normalized spacial score (nSPS) is 11.6. The van der Waals surface area contributed by atoms with E-state index in [1.165, 1.54) is 24.3 Å².